The van der Waals surface area contributed by atoms with Crippen LogP contribution in [0.15, 0.2) is 24.3 Å². The molecule has 0 nitrogen and oxygen atoms in total. The van der Waals surface area contributed by atoms with Gasteiger partial charge in [0.2, 0.25) is 0 Å². The van der Waals surface area contributed by atoms with Gasteiger partial charge in [-0.25, -0.2) is 0 Å². The van der Waals surface area contributed by atoms with Gasteiger partial charge in [0.1, 0.15) is 0 Å². The fraction of sp³-hybridized carbons (Fsp3) is 0.625. The quantitative estimate of drug-likeness (QED) is 0.438. The number of hydrogen-bond acceptors (Lipinski definition) is 0. The molecule has 1 rings (SSSR count). The molecule has 1 atom stereocenters. The highest BCUT2D eigenvalue weighted by molar-refractivity contribution is 9.09. The highest BCUT2D eigenvalue weighted by Crippen LogP contribution is 2.20. The lowest BCUT2D eigenvalue weighted by atomic mass is 9.93. The predicted molar refractivity (Wildman–Crippen MR) is 80.9 cm³/mol. The van der Waals surface area contributed by atoms with E-state index >= 15 is 0 Å². The third-order valence-electron chi connectivity index (χ3n) is 3.45. The van der Waals surface area contributed by atoms with E-state index in [2.05, 4.69) is 54.0 Å². The normalized spacial score (nSPS) is 12.6. The van der Waals surface area contributed by atoms with Crippen LogP contribution in [-0.2, 0) is 6.42 Å². The Labute approximate surface area is 115 Å². The minimum Gasteiger partial charge on any atom is -0.0925 e. The highest BCUT2D eigenvalue weighted by atomic mass is 79.9. The summed E-state index contributed by atoms with van der Waals surface area (Å²) in [5, 5.41) is 1.13. The molecule has 0 saturated heterocycles. The van der Waals surface area contributed by atoms with Crippen LogP contribution in [0.3, 0.4) is 0 Å². The molecular formula is C16H25Br. The van der Waals surface area contributed by atoms with Crippen LogP contribution in [0.5, 0.6) is 0 Å². The van der Waals surface area contributed by atoms with E-state index < -0.39 is 0 Å². The molecule has 0 radical (unpaired) electrons. The molecule has 17 heavy (non-hydrogen) atoms. The van der Waals surface area contributed by atoms with Gasteiger partial charge in [-0.1, -0.05) is 72.8 Å². The van der Waals surface area contributed by atoms with Crippen molar-refractivity contribution in [3.63, 3.8) is 0 Å². The largest absolute Gasteiger partial charge is 0.0925 e. The van der Waals surface area contributed by atoms with Crippen LogP contribution in [0.25, 0.3) is 0 Å². The average molecular weight is 297 g/mol. The zero-order valence-electron chi connectivity index (χ0n) is 11.2. The summed E-state index contributed by atoms with van der Waals surface area (Å²) in [5.74, 6) is 0.799. The molecule has 0 heterocycles. The van der Waals surface area contributed by atoms with Gasteiger partial charge in [0.15, 0.2) is 0 Å². The second-order valence-corrected chi connectivity index (χ2v) is 5.65. The minimum absolute atomic E-state index is 0.799. The van der Waals surface area contributed by atoms with Crippen molar-refractivity contribution in [2.24, 2.45) is 5.92 Å². The Kier molecular flexibility index (Phi) is 7.59. The Morgan fingerprint density at radius 2 is 1.88 bits per heavy atom. The summed E-state index contributed by atoms with van der Waals surface area (Å²) in [6, 6.07) is 8.78. The van der Waals surface area contributed by atoms with Gasteiger partial charge >= 0.3 is 0 Å². The standard InChI is InChI=1S/C16H25Br/c1-3-4-5-6-10-15(13-17)12-16-11-8-7-9-14(16)2/h7-9,11,15H,3-6,10,12-13H2,1-2H3. The zero-order valence-corrected chi connectivity index (χ0v) is 12.8. The van der Waals surface area contributed by atoms with Crippen molar-refractivity contribution < 1.29 is 0 Å². The Hall–Kier alpha value is -0.300. The number of aryl methyl sites for hydroxylation is 1. The van der Waals surface area contributed by atoms with E-state index in [-0.39, 0.29) is 0 Å². The van der Waals surface area contributed by atoms with Gasteiger partial charge in [0.25, 0.3) is 0 Å². The summed E-state index contributed by atoms with van der Waals surface area (Å²) in [4.78, 5) is 0. The van der Waals surface area contributed by atoms with Crippen molar-refractivity contribution in [2.75, 3.05) is 5.33 Å². The third-order valence-corrected chi connectivity index (χ3v) is 4.37. The molecule has 0 aliphatic rings. The van der Waals surface area contributed by atoms with Crippen molar-refractivity contribution in [2.45, 2.75) is 52.4 Å². The molecule has 1 aromatic rings. The number of halogens is 1. The molecule has 1 unspecified atom stereocenters. The molecule has 0 aliphatic heterocycles. The maximum atomic E-state index is 3.67. The van der Waals surface area contributed by atoms with E-state index in [4.69, 9.17) is 0 Å². The van der Waals surface area contributed by atoms with E-state index in [0.717, 1.165) is 11.2 Å². The minimum atomic E-state index is 0.799. The van der Waals surface area contributed by atoms with E-state index in [1.807, 2.05) is 0 Å². The Bertz CT molecular complexity index is 306. The first-order chi connectivity index (χ1) is 8.27. The number of benzene rings is 1. The zero-order chi connectivity index (χ0) is 12.5. The lowest BCUT2D eigenvalue weighted by Gasteiger charge is -2.15. The highest BCUT2D eigenvalue weighted by Gasteiger charge is 2.09. The summed E-state index contributed by atoms with van der Waals surface area (Å²) < 4.78 is 0. The number of rotatable bonds is 8. The van der Waals surface area contributed by atoms with Crippen LogP contribution in [0.4, 0.5) is 0 Å². The molecule has 0 aromatic heterocycles. The van der Waals surface area contributed by atoms with Crippen LogP contribution in [0.2, 0.25) is 0 Å². The molecule has 96 valence electrons. The third kappa shape index (κ3) is 5.72. The van der Waals surface area contributed by atoms with E-state index in [0.29, 0.717) is 0 Å². The maximum absolute atomic E-state index is 3.67. The number of alkyl halides is 1. The molecule has 1 heteroatoms. The first-order valence-electron chi connectivity index (χ1n) is 6.88. The van der Waals surface area contributed by atoms with E-state index in [1.165, 1.54) is 49.7 Å². The number of unbranched alkanes of at least 4 members (excludes halogenated alkanes) is 3. The van der Waals surface area contributed by atoms with Gasteiger partial charge in [-0.05, 0) is 36.8 Å². The predicted octanol–water partition coefficient (Wildman–Crippen LogP) is 5.52. The van der Waals surface area contributed by atoms with Crippen molar-refractivity contribution in [1.82, 2.24) is 0 Å². The van der Waals surface area contributed by atoms with Gasteiger partial charge in [-0.3, -0.25) is 0 Å². The number of hydrogen-bond donors (Lipinski definition) is 0. The molecular weight excluding hydrogens is 272 g/mol. The lowest BCUT2D eigenvalue weighted by Crippen LogP contribution is -2.07. The second kappa shape index (κ2) is 8.74. The van der Waals surface area contributed by atoms with Gasteiger partial charge in [0, 0.05) is 5.33 Å². The van der Waals surface area contributed by atoms with Gasteiger partial charge < -0.3 is 0 Å². The Morgan fingerprint density at radius 1 is 1.12 bits per heavy atom. The van der Waals surface area contributed by atoms with Crippen molar-refractivity contribution in [3.05, 3.63) is 35.4 Å². The average Bonchev–Trinajstić information content (AvgIpc) is 2.35. The fourth-order valence-electron chi connectivity index (χ4n) is 2.24. The molecule has 0 fully saturated rings. The monoisotopic (exact) mass is 296 g/mol. The first-order valence-corrected chi connectivity index (χ1v) is 8.00. The van der Waals surface area contributed by atoms with Crippen LogP contribution < -0.4 is 0 Å². The van der Waals surface area contributed by atoms with Gasteiger partial charge in [-0.15, -0.1) is 0 Å². The van der Waals surface area contributed by atoms with Gasteiger partial charge in [-0.2, -0.15) is 0 Å². The topological polar surface area (TPSA) is 0 Å². The summed E-state index contributed by atoms with van der Waals surface area (Å²) in [7, 11) is 0. The van der Waals surface area contributed by atoms with Gasteiger partial charge in [0.05, 0.1) is 0 Å². The molecule has 0 N–H and O–H groups in total. The first kappa shape index (κ1) is 14.8. The molecule has 0 saturated carbocycles. The molecule has 0 bridgehead atoms. The lowest BCUT2D eigenvalue weighted by molar-refractivity contribution is 0.495. The summed E-state index contributed by atoms with van der Waals surface area (Å²) in [5.41, 5.74) is 2.96. The summed E-state index contributed by atoms with van der Waals surface area (Å²) in [6.07, 6.45) is 8.09. The second-order valence-electron chi connectivity index (χ2n) is 5.00. The Balaban J connectivity index is 2.38. The van der Waals surface area contributed by atoms with Crippen molar-refractivity contribution in [3.8, 4) is 0 Å². The summed E-state index contributed by atoms with van der Waals surface area (Å²) >= 11 is 3.67. The fourth-order valence-corrected chi connectivity index (χ4v) is 2.80. The SMILES string of the molecule is CCCCCCC(CBr)Cc1ccccc1C. The molecule has 0 spiro atoms. The molecule has 1 aromatic carbocycles. The van der Waals surface area contributed by atoms with Crippen LogP contribution in [-0.4, -0.2) is 5.33 Å². The van der Waals surface area contributed by atoms with E-state index in [1.54, 1.807) is 0 Å². The van der Waals surface area contributed by atoms with Crippen LogP contribution in [0.1, 0.15) is 50.2 Å². The van der Waals surface area contributed by atoms with Crippen molar-refractivity contribution in [1.29, 1.82) is 0 Å². The van der Waals surface area contributed by atoms with Crippen molar-refractivity contribution >= 4 is 15.9 Å². The van der Waals surface area contributed by atoms with Crippen LogP contribution in [0, 0.1) is 12.8 Å². The van der Waals surface area contributed by atoms with E-state index in [9.17, 15) is 0 Å². The Morgan fingerprint density at radius 3 is 2.53 bits per heavy atom. The maximum Gasteiger partial charge on any atom is 0.00628 e. The van der Waals surface area contributed by atoms with Crippen LogP contribution >= 0.6 is 15.9 Å². The molecule has 0 amide bonds. The molecule has 0 aliphatic carbocycles. The smallest absolute Gasteiger partial charge is 0.00628 e. The summed E-state index contributed by atoms with van der Waals surface area (Å²) in [6.45, 7) is 4.49.